The molecule has 35 heavy (non-hydrogen) atoms. The minimum absolute atomic E-state index is 0.0308. The standard InChI is InChI=1S/C26H27ClN4O4/c1-34-21-8-2-17(3-9-21)23-14-31-16-28-24(22(31)15-35-23)26(33)30-12-10-18(11-13-30)25(32)29-20-6-4-19(27)5-7-20/h2-9,16,18,23H,10-15H2,1H3,(H,29,32). The van der Waals surface area contributed by atoms with Gasteiger partial charge in [0.15, 0.2) is 5.69 Å². The average molecular weight is 495 g/mol. The number of halogens is 1. The molecule has 1 saturated heterocycles. The lowest BCUT2D eigenvalue weighted by Gasteiger charge is -2.31. The van der Waals surface area contributed by atoms with Crippen LogP contribution in [0.4, 0.5) is 5.69 Å². The Morgan fingerprint density at radius 2 is 1.80 bits per heavy atom. The predicted molar refractivity (Wildman–Crippen MR) is 131 cm³/mol. The molecule has 8 nitrogen and oxygen atoms in total. The summed E-state index contributed by atoms with van der Waals surface area (Å²) in [5.41, 5.74) is 3.00. The van der Waals surface area contributed by atoms with Crippen molar-refractivity contribution in [2.75, 3.05) is 25.5 Å². The van der Waals surface area contributed by atoms with Gasteiger partial charge in [-0.2, -0.15) is 0 Å². The summed E-state index contributed by atoms with van der Waals surface area (Å²) in [4.78, 5) is 32.1. The van der Waals surface area contributed by atoms with Gasteiger partial charge >= 0.3 is 0 Å². The van der Waals surface area contributed by atoms with Crippen LogP contribution in [0.25, 0.3) is 0 Å². The van der Waals surface area contributed by atoms with E-state index in [1.807, 2.05) is 28.8 Å². The number of imidazole rings is 1. The van der Waals surface area contributed by atoms with Crippen molar-refractivity contribution in [1.82, 2.24) is 14.5 Å². The van der Waals surface area contributed by atoms with Crippen molar-refractivity contribution in [3.63, 3.8) is 0 Å². The molecule has 0 saturated carbocycles. The Morgan fingerprint density at radius 1 is 1.09 bits per heavy atom. The largest absolute Gasteiger partial charge is 0.497 e. The number of carbonyl (C=O) groups excluding carboxylic acids is 2. The fourth-order valence-corrected chi connectivity index (χ4v) is 4.72. The Morgan fingerprint density at radius 3 is 2.49 bits per heavy atom. The lowest BCUT2D eigenvalue weighted by molar-refractivity contribution is -0.121. The fraction of sp³-hybridized carbons (Fsp3) is 0.346. The lowest BCUT2D eigenvalue weighted by Crippen LogP contribution is -2.42. The molecule has 3 heterocycles. The van der Waals surface area contributed by atoms with Crippen LogP contribution < -0.4 is 10.1 Å². The van der Waals surface area contributed by atoms with E-state index in [2.05, 4.69) is 10.3 Å². The maximum Gasteiger partial charge on any atom is 0.274 e. The number of methoxy groups -OCH3 is 1. The molecule has 1 N–H and O–H groups in total. The number of carbonyl (C=O) groups is 2. The van der Waals surface area contributed by atoms with Crippen LogP contribution in [0.1, 0.15) is 40.7 Å². The second kappa shape index (κ2) is 10.1. The van der Waals surface area contributed by atoms with Crippen LogP contribution in [0.2, 0.25) is 5.02 Å². The van der Waals surface area contributed by atoms with Gasteiger partial charge in [-0.15, -0.1) is 0 Å². The minimum Gasteiger partial charge on any atom is -0.497 e. The highest BCUT2D eigenvalue weighted by Crippen LogP contribution is 2.30. The zero-order valence-corrected chi connectivity index (χ0v) is 20.2. The Labute approximate surface area is 208 Å². The molecular formula is C26H27ClN4O4. The molecule has 0 spiro atoms. The molecule has 3 aromatic rings. The number of likely N-dealkylation sites (tertiary alicyclic amines) is 1. The molecule has 5 rings (SSSR count). The van der Waals surface area contributed by atoms with E-state index in [4.69, 9.17) is 21.1 Å². The van der Waals surface area contributed by atoms with Gasteiger partial charge in [0.1, 0.15) is 11.9 Å². The van der Waals surface area contributed by atoms with Gasteiger partial charge < -0.3 is 24.3 Å². The fourth-order valence-electron chi connectivity index (χ4n) is 4.60. The second-order valence-corrected chi connectivity index (χ2v) is 9.26. The third-order valence-corrected chi connectivity index (χ3v) is 6.94. The van der Waals surface area contributed by atoms with Gasteiger partial charge in [-0.1, -0.05) is 23.7 Å². The number of rotatable bonds is 5. The highest BCUT2D eigenvalue weighted by molar-refractivity contribution is 6.30. The Kier molecular flexibility index (Phi) is 6.74. The number of aromatic nitrogens is 2. The summed E-state index contributed by atoms with van der Waals surface area (Å²) < 4.78 is 13.3. The first kappa shape index (κ1) is 23.4. The maximum absolute atomic E-state index is 13.2. The summed E-state index contributed by atoms with van der Waals surface area (Å²) in [6.45, 7) is 1.94. The number of nitrogens with zero attached hydrogens (tertiary/aromatic N) is 3. The van der Waals surface area contributed by atoms with Gasteiger partial charge in [0.2, 0.25) is 5.91 Å². The molecular weight excluding hydrogens is 468 g/mol. The van der Waals surface area contributed by atoms with Gasteiger partial charge in [-0.25, -0.2) is 4.98 Å². The van der Waals surface area contributed by atoms with Crippen molar-refractivity contribution in [2.24, 2.45) is 5.92 Å². The van der Waals surface area contributed by atoms with Crippen molar-refractivity contribution in [1.29, 1.82) is 0 Å². The number of fused-ring (bicyclic) bond motifs is 1. The van der Waals surface area contributed by atoms with E-state index in [1.54, 1.807) is 42.6 Å². The third kappa shape index (κ3) is 5.04. The van der Waals surface area contributed by atoms with Gasteiger partial charge in [-0.3, -0.25) is 9.59 Å². The van der Waals surface area contributed by atoms with Crippen molar-refractivity contribution in [3.05, 3.63) is 76.8 Å². The van der Waals surface area contributed by atoms with E-state index in [0.29, 0.717) is 49.8 Å². The number of piperidine rings is 1. The molecule has 0 bridgehead atoms. The minimum atomic E-state index is -0.140. The zero-order valence-electron chi connectivity index (χ0n) is 19.4. The van der Waals surface area contributed by atoms with Gasteiger partial charge in [0.25, 0.3) is 5.91 Å². The van der Waals surface area contributed by atoms with E-state index in [9.17, 15) is 9.59 Å². The molecule has 2 amide bonds. The van der Waals surface area contributed by atoms with Crippen molar-refractivity contribution >= 4 is 29.1 Å². The zero-order chi connectivity index (χ0) is 24.4. The van der Waals surface area contributed by atoms with Crippen molar-refractivity contribution in [2.45, 2.75) is 32.1 Å². The van der Waals surface area contributed by atoms with Crippen molar-refractivity contribution in [3.8, 4) is 5.75 Å². The summed E-state index contributed by atoms with van der Waals surface area (Å²) in [6, 6.07) is 14.9. The van der Waals surface area contributed by atoms with Gasteiger partial charge in [0, 0.05) is 29.7 Å². The van der Waals surface area contributed by atoms with Gasteiger partial charge in [0.05, 0.1) is 32.3 Å². The smallest absolute Gasteiger partial charge is 0.274 e. The molecule has 1 atom stereocenters. The van der Waals surface area contributed by atoms with E-state index >= 15 is 0 Å². The van der Waals surface area contributed by atoms with E-state index in [-0.39, 0.29) is 23.8 Å². The number of hydrogen-bond acceptors (Lipinski definition) is 5. The molecule has 1 aromatic heterocycles. The number of ether oxygens (including phenoxy) is 2. The lowest BCUT2D eigenvalue weighted by atomic mass is 9.95. The van der Waals surface area contributed by atoms with Crippen LogP contribution in [-0.4, -0.2) is 46.5 Å². The number of benzene rings is 2. The average Bonchev–Trinajstić information content (AvgIpc) is 3.33. The Hall–Kier alpha value is -3.36. The molecule has 9 heteroatoms. The Balaban J connectivity index is 1.18. The monoisotopic (exact) mass is 494 g/mol. The summed E-state index contributed by atoms with van der Waals surface area (Å²) in [7, 11) is 1.64. The van der Waals surface area contributed by atoms with Crippen LogP contribution in [0, 0.1) is 5.92 Å². The second-order valence-electron chi connectivity index (χ2n) is 8.83. The topological polar surface area (TPSA) is 85.7 Å². The van der Waals surface area contributed by atoms with Crippen LogP contribution in [0.15, 0.2) is 54.9 Å². The normalized spacial score (nSPS) is 18.1. The summed E-state index contributed by atoms with van der Waals surface area (Å²) in [6.07, 6.45) is 2.82. The van der Waals surface area contributed by atoms with E-state index in [1.165, 1.54) is 0 Å². The molecule has 0 aliphatic carbocycles. The van der Waals surface area contributed by atoms with E-state index in [0.717, 1.165) is 22.7 Å². The van der Waals surface area contributed by atoms with Gasteiger partial charge in [-0.05, 0) is 54.8 Å². The van der Waals surface area contributed by atoms with Crippen LogP contribution in [-0.2, 0) is 22.7 Å². The van der Waals surface area contributed by atoms with Crippen LogP contribution >= 0.6 is 11.6 Å². The predicted octanol–water partition coefficient (Wildman–Crippen LogP) is 4.31. The van der Waals surface area contributed by atoms with Crippen molar-refractivity contribution < 1.29 is 19.1 Å². The molecule has 182 valence electrons. The summed E-state index contributed by atoms with van der Waals surface area (Å²) in [5, 5.41) is 3.56. The number of nitrogens with one attached hydrogen (secondary N) is 1. The molecule has 1 fully saturated rings. The molecule has 0 radical (unpaired) electrons. The molecule has 2 aromatic carbocycles. The first-order chi connectivity index (χ1) is 17.0. The number of anilines is 1. The summed E-state index contributed by atoms with van der Waals surface area (Å²) in [5.74, 6) is 0.518. The highest BCUT2D eigenvalue weighted by atomic mass is 35.5. The van der Waals surface area contributed by atoms with Crippen LogP contribution in [0.3, 0.4) is 0 Å². The maximum atomic E-state index is 13.2. The quantitative estimate of drug-likeness (QED) is 0.571. The third-order valence-electron chi connectivity index (χ3n) is 6.68. The molecule has 2 aliphatic rings. The first-order valence-electron chi connectivity index (χ1n) is 11.7. The number of amides is 2. The SMILES string of the molecule is COc1ccc(C2Cn3cnc(C(=O)N4CCC(C(=O)Nc5ccc(Cl)cc5)CC4)c3CO2)cc1. The first-order valence-corrected chi connectivity index (χ1v) is 12.0. The van der Waals surface area contributed by atoms with Crippen LogP contribution in [0.5, 0.6) is 5.75 Å². The summed E-state index contributed by atoms with van der Waals surface area (Å²) >= 11 is 5.91. The number of hydrogen-bond donors (Lipinski definition) is 1. The Bertz CT molecular complexity index is 1200. The van der Waals surface area contributed by atoms with E-state index < -0.39 is 0 Å². The highest BCUT2D eigenvalue weighted by Gasteiger charge is 2.32. The molecule has 2 aliphatic heterocycles. The molecule has 1 unspecified atom stereocenters.